The zero-order valence-electron chi connectivity index (χ0n) is 8.40. The van der Waals surface area contributed by atoms with Gasteiger partial charge in [-0.05, 0) is 19.4 Å². The quantitative estimate of drug-likeness (QED) is 0.540. The maximum absolute atomic E-state index is 3.99. The zero-order valence-corrected chi connectivity index (χ0v) is 8.40. The molecule has 1 aliphatic carbocycles. The van der Waals surface area contributed by atoms with E-state index in [1.807, 2.05) is 16.5 Å². The van der Waals surface area contributed by atoms with Crippen molar-refractivity contribution in [2.24, 2.45) is 0 Å². The van der Waals surface area contributed by atoms with E-state index in [-0.39, 0.29) is 0 Å². The molecule has 70 valence electrons. The van der Waals surface area contributed by atoms with Crippen LogP contribution in [-0.2, 0) is 0 Å². The summed E-state index contributed by atoms with van der Waals surface area (Å²) >= 11 is 0. The van der Waals surface area contributed by atoms with Crippen LogP contribution in [-0.4, -0.2) is 0 Å². The van der Waals surface area contributed by atoms with Crippen LogP contribution in [0.4, 0.5) is 0 Å². The molecule has 0 aromatic carbocycles. The van der Waals surface area contributed by atoms with Crippen molar-refractivity contribution < 1.29 is 4.24 Å². The third-order valence-electron chi connectivity index (χ3n) is 2.46. The van der Waals surface area contributed by atoms with Crippen molar-refractivity contribution in [2.45, 2.75) is 13.3 Å². The van der Waals surface area contributed by atoms with E-state index in [0.29, 0.717) is 0 Å². The van der Waals surface area contributed by atoms with E-state index < -0.39 is 0 Å². The average Bonchev–Trinajstić information content (AvgIpc) is 2.19. The molecule has 2 rings (SSSR count). The summed E-state index contributed by atoms with van der Waals surface area (Å²) in [6.45, 7) is 6.12. The average molecular weight is 184 g/mol. The van der Waals surface area contributed by atoms with Gasteiger partial charge in [0, 0.05) is 17.2 Å². The summed E-state index contributed by atoms with van der Waals surface area (Å²) in [6, 6.07) is 4.14. The Kier molecular flexibility index (Phi) is 2.32. The van der Waals surface area contributed by atoms with Gasteiger partial charge in [-0.15, -0.1) is 0 Å². The summed E-state index contributed by atoms with van der Waals surface area (Å²) in [7, 11) is 0. The van der Waals surface area contributed by atoms with Gasteiger partial charge in [-0.25, -0.2) is 0 Å². The Morgan fingerprint density at radius 3 is 2.86 bits per heavy atom. The number of nitrogens with zero attached hydrogens (tertiary/aromatic N) is 1. The number of aryl methyl sites for hydroxylation is 1. The van der Waals surface area contributed by atoms with Gasteiger partial charge in [-0.3, -0.25) is 0 Å². The molecule has 0 radical (unpaired) electrons. The Hall–Kier alpha value is -1.63. The summed E-state index contributed by atoms with van der Waals surface area (Å²) in [6.07, 6.45) is 11.5. The van der Waals surface area contributed by atoms with Crippen LogP contribution >= 0.6 is 0 Å². The van der Waals surface area contributed by atoms with Crippen molar-refractivity contribution in [3.05, 3.63) is 60.3 Å². The maximum Gasteiger partial charge on any atom is 0.216 e. The van der Waals surface area contributed by atoms with E-state index in [9.17, 15) is 0 Å². The minimum atomic E-state index is 0.997. The van der Waals surface area contributed by atoms with Crippen LogP contribution in [0.25, 0.3) is 5.57 Å². The first-order valence-electron chi connectivity index (χ1n) is 4.80. The van der Waals surface area contributed by atoms with Crippen molar-refractivity contribution in [1.82, 2.24) is 0 Å². The maximum atomic E-state index is 3.99. The lowest BCUT2D eigenvalue weighted by molar-refractivity contribution is -0.514. The predicted molar refractivity (Wildman–Crippen MR) is 58.1 cm³/mol. The minimum absolute atomic E-state index is 0.997. The molecule has 0 spiro atoms. The SMILES string of the molecule is C=[n+]1cccc(C)c1=C1C=CC=CC1. The van der Waals surface area contributed by atoms with E-state index in [1.165, 1.54) is 16.5 Å². The highest BCUT2D eigenvalue weighted by molar-refractivity contribution is 5.59. The molecular formula is C13H14N+. The normalized spacial score (nSPS) is 18.6. The molecule has 1 aromatic rings. The second-order valence-corrected chi connectivity index (χ2v) is 3.53. The largest absolute Gasteiger partial charge is 0.216 e. The number of rotatable bonds is 0. The summed E-state index contributed by atoms with van der Waals surface area (Å²) < 4.78 is 1.94. The smallest absolute Gasteiger partial charge is 0.174 e. The third-order valence-corrected chi connectivity index (χ3v) is 2.46. The van der Waals surface area contributed by atoms with Crippen LogP contribution in [0, 0.1) is 13.6 Å². The molecule has 0 bridgehead atoms. The Bertz CT molecular complexity index is 507. The fourth-order valence-corrected chi connectivity index (χ4v) is 1.80. The van der Waals surface area contributed by atoms with Gasteiger partial charge >= 0.3 is 0 Å². The summed E-state index contributed by atoms with van der Waals surface area (Å²) in [5.41, 5.74) is 2.61. The molecule has 0 saturated heterocycles. The molecular weight excluding hydrogens is 170 g/mol. The molecule has 1 nitrogen and oxygen atoms in total. The van der Waals surface area contributed by atoms with Gasteiger partial charge in [0.25, 0.3) is 0 Å². The van der Waals surface area contributed by atoms with Crippen molar-refractivity contribution in [1.29, 1.82) is 0 Å². The van der Waals surface area contributed by atoms with E-state index in [0.717, 1.165) is 6.42 Å². The van der Waals surface area contributed by atoms with Gasteiger partial charge in [0.05, 0.1) is 0 Å². The van der Waals surface area contributed by atoms with Crippen LogP contribution in [0.1, 0.15) is 12.0 Å². The zero-order chi connectivity index (χ0) is 9.97. The van der Waals surface area contributed by atoms with Gasteiger partial charge in [0.15, 0.2) is 6.20 Å². The van der Waals surface area contributed by atoms with Crippen molar-refractivity contribution in [2.75, 3.05) is 0 Å². The molecule has 0 unspecified atom stereocenters. The second-order valence-electron chi connectivity index (χ2n) is 3.53. The first-order valence-corrected chi connectivity index (χ1v) is 4.80. The van der Waals surface area contributed by atoms with Crippen LogP contribution < -0.4 is 9.59 Å². The van der Waals surface area contributed by atoms with Crippen LogP contribution in [0.15, 0.2) is 42.6 Å². The van der Waals surface area contributed by atoms with E-state index in [2.05, 4.69) is 44.0 Å². The number of pyridine rings is 1. The van der Waals surface area contributed by atoms with Crippen LogP contribution in [0.2, 0.25) is 0 Å². The number of allylic oxidation sites excluding steroid dienone is 4. The molecule has 1 aliphatic rings. The molecule has 0 atom stereocenters. The molecule has 1 heterocycles. The highest BCUT2D eigenvalue weighted by Crippen LogP contribution is 2.08. The molecule has 0 saturated carbocycles. The highest BCUT2D eigenvalue weighted by Gasteiger charge is 2.04. The highest BCUT2D eigenvalue weighted by atomic mass is 14.8. The first kappa shape index (κ1) is 8.95. The molecule has 0 amide bonds. The lowest BCUT2D eigenvalue weighted by Crippen LogP contribution is -2.38. The summed E-state index contributed by atoms with van der Waals surface area (Å²) in [4.78, 5) is 0. The van der Waals surface area contributed by atoms with Crippen molar-refractivity contribution >= 4 is 5.57 Å². The minimum Gasteiger partial charge on any atom is -0.174 e. The van der Waals surface area contributed by atoms with Crippen LogP contribution in [0.3, 0.4) is 0 Å². The monoisotopic (exact) mass is 184 g/mol. The first-order chi connectivity index (χ1) is 6.79. The van der Waals surface area contributed by atoms with Gasteiger partial charge in [-0.2, -0.15) is 4.24 Å². The van der Waals surface area contributed by atoms with Crippen molar-refractivity contribution in [3.8, 4) is 0 Å². The predicted octanol–water partition coefficient (Wildman–Crippen LogP) is 1.59. The molecule has 0 N–H and O–H groups in total. The molecule has 1 aromatic heterocycles. The summed E-state index contributed by atoms with van der Waals surface area (Å²) in [5, 5.41) is 1.23. The van der Waals surface area contributed by atoms with Gasteiger partial charge in [0.1, 0.15) is 6.72 Å². The second kappa shape index (κ2) is 3.62. The lowest BCUT2D eigenvalue weighted by atomic mass is 10.1. The number of aromatic nitrogens is 1. The third kappa shape index (κ3) is 1.53. The topological polar surface area (TPSA) is 5.90 Å². The van der Waals surface area contributed by atoms with Gasteiger partial charge in [0.2, 0.25) is 5.35 Å². The Balaban J connectivity index is 2.77. The fourth-order valence-electron chi connectivity index (χ4n) is 1.80. The number of hydrogen-bond acceptors (Lipinski definition) is 0. The standard InChI is InChI=1S/C13H14N/c1-11-7-6-10-14(2)13(11)12-8-4-3-5-9-12/h3-8,10H,2,9H2,1H3/q+1. The van der Waals surface area contributed by atoms with Crippen LogP contribution in [0.5, 0.6) is 0 Å². The Morgan fingerprint density at radius 2 is 2.21 bits per heavy atom. The fraction of sp³-hybridized carbons (Fsp3) is 0.154. The van der Waals surface area contributed by atoms with E-state index in [1.54, 1.807) is 0 Å². The Labute approximate surface area is 84.1 Å². The van der Waals surface area contributed by atoms with E-state index in [4.69, 9.17) is 0 Å². The molecule has 0 fully saturated rings. The van der Waals surface area contributed by atoms with E-state index >= 15 is 0 Å². The van der Waals surface area contributed by atoms with Gasteiger partial charge < -0.3 is 0 Å². The molecule has 0 aliphatic heterocycles. The summed E-state index contributed by atoms with van der Waals surface area (Å²) in [5.74, 6) is 0. The molecule has 1 heteroatoms. The molecule has 14 heavy (non-hydrogen) atoms. The van der Waals surface area contributed by atoms with Gasteiger partial charge in [-0.1, -0.05) is 24.3 Å². The van der Waals surface area contributed by atoms with Crippen molar-refractivity contribution in [3.63, 3.8) is 0 Å². The number of hydrogen-bond donors (Lipinski definition) is 0. The Morgan fingerprint density at radius 1 is 1.36 bits per heavy atom. The lowest BCUT2D eigenvalue weighted by Gasteiger charge is -1.99.